The summed E-state index contributed by atoms with van der Waals surface area (Å²) in [5.74, 6) is 2.27. The highest BCUT2D eigenvalue weighted by atomic mass is 127. The Bertz CT molecular complexity index is 1030. The summed E-state index contributed by atoms with van der Waals surface area (Å²) in [7, 11) is 0. The Kier molecular flexibility index (Phi) is 8.44. The van der Waals surface area contributed by atoms with Gasteiger partial charge in [-0.3, -0.25) is 0 Å². The van der Waals surface area contributed by atoms with Gasteiger partial charge in [0.2, 0.25) is 5.88 Å². The molecule has 1 aromatic carbocycles. The molecule has 0 aliphatic rings. The standard InChI is InChI=1S/C21H24IN5O4/c1-3-7-19(28)31-11-6-5-10-30-17-9-8-14(12-15(17)22)20-23-21(27-26-20)16-13-18(25-24-16)29-4-2/h3,7-9,12-13H,4-6,10-11H2,1-2H3,(H,24,25)(H,23,26,27)/b7-3+. The minimum Gasteiger partial charge on any atom is -0.492 e. The van der Waals surface area contributed by atoms with Gasteiger partial charge in [-0.25, -0.2) is 9.89 Å². The minimum atomic E-state index is -0.314. The number of carbonyl (C=O) groups is 1. The van der Waals surface area contributed by atoms with Gasteiger partial charge in [-0.1, -0.05) is 6.08 Å². The van der Waals surface area contributed by atoms with E-state index in [0.717, 1.165) is 27.7 Å². The molecule has 10 heteroatoms. The molecule has 9 nitrogen and oxygen atoms in total. The van der Waals surface area contributed by atoms with E-state index in [4.69, 9.17) is 14.2 Å². The third kappa shape index (κ3) is 6.54. The van der Waals surface area contributed by atoms with Crippen molar-refractivity contribution in [2.24, 2.45) is 0 Å². The van der Waals surface area contributed by atoms with Crippen LogP contribution < -0.4 is 9.47 Å². The van der Waals surface area contributed by atoms with Crippen LogP contribution in [-0.2, 0) is 9.53 Å². The van der Waals surface area contributed by atoms with Gasteiger partial charge in [-0.05, 0) is 67.5 Å². The number of hydrogen-bond donors (Lipinski definition) is 2. The number of aromatic nitrogens is 5. The first-order valence-electron chi connectivity index (χ1n) is 9.94. The topological polar surface area (TPSA) is 115 Å². The van der Waals surface area contributed by atoms with Crippen LogP contribution in [0.4, 0.5) is 0 Å². The smallest absolute Gasteiger partial charge is 0.330 e. The molecule has 2 heterocycles. The van der Waals surface area contributed by atoms with Crippen LogP contribution in [0.5, 0.6) is 11.6 Å². The number of esters is 1. The van der Waals surface area contributed by atoms with E-state index in [0.29, 0.717) is 43.0 Å². The highest BCUT2D eigenvalue weighted by Gasteiger charge is 2.12. The number of hydrogen-bond acceptors (Lipinski definition) is 7. The number of halogens is 1. The van der Waals surface area contributed by atoms with Crippen LogP contribution >= 0.6 is 22.6 Å². The molecule has 0 spiro atoms. The Morgan fingerprint density at radius 2 is 1.94 bits per heavy atom. The van der Waals surface area contributed by atoms with Crippen LogP contribution in [0.2, 0.25) is 0 Å². The van der Waals surface area contributed by atoms with Crippen LogP contribution in [0.15, 0.2) is 36.4 Å². The van der Waals surface area contributed by atoms with Crippen LogP contribution in [-0.4, -0.2) is 51.2 Å². The van der Waals surface area contributed by atoms with Gasteiger partial charge in [-0.15, -0.1) is 10.2 Å². The summed E-state index contributed by atoms with van der Waals surface area (Å²) in [5.41, 5.74) is 1.53. The van der Waals surface area contributed by atoms with Crippen LogP contribution in [0.25, 0.3) is 22.9 Å². The lowest BCUT2D eigenvalue weighted by Gasteiger charge is -2.09. The second kappa shape index (κ2) is 11.5. The van der Waals surface area contributed by atoms with Gasteiger partial charge in [0.1, 0.15) is 11.4 Å². The molecule has 0 bridgehead atoms. The minimum absolute atomic E-state index is 0.314. The second-order valence-corrected chi connectivity index (χ2v) is 7.60. The molecule has 0 saturated heterocycles. The lowest BCUT2D eigenvalue weighted by molar-refractivity contribution is -0.137. The van der Waals surface area contributed by atoms with Gasteiger partial charge in [0.15, 0.2) is 11.6 Å². The van der Waals surface area contributed by atoms with Crippen molar-refractivity contribution in [2.45, 2.75) is 26.7 Å². The average Bonchev–Trinajstić information content (AvgIpc) is 3.42. The molecule has 0 aliphatic heterocycles. The number of benzene rings is 1. The molecule has 2 N–H and O–H groups in total. The lowest BCUT2D eigenvalue weighted by atomic mass is 10.2. The zero-order valence-corrected chi connectivity index (χ0v) is 19.5. The third-order valence-corrected chi connectivity index (χ3v) is 4.98. The van der Waals surface area contributed by atoms with Gasteiger partial charge < -0.3 is 19.2 Å². The van der Waals surface area contributed by atoms with Gasteiger partial charge in [0.25, 0.3) is 0 Å². The Morgan fingerprint density at radius 3 is 2.71 bits per heavy atom. The van der Waals surface area contributed by atoms with E-state index in [2.05, 4.69) is 48.0 Å². The zero-order valence-electron chi connectivity index (χ0n) is 17.4. The highest BCUT2D eigenvalue weighted by Crippen LogP contribution is 2.27. The maximum absolute atomic E-state index is 11.2. The van der Waals surface area contributed by atoms with Crippen LogP contribution in [0.1, 0.15) is 26.7 Å². The molecule has 3 rings (SSSR count). The van der Waals surface area contributed by atoms with Gasteiger partial charge in [-0.2, -0.15) is 5.10 Å². The predicted molar refractivity (Wildman–Crippen MR) is 124 cm³/mol. The summed E-state index contributed by atoms with van der Waals surface area (Å²) in [4.78, 5) is 14.4. The number of unbranched alkanes of at least 4 members (excludes halogenated alkanes) is 1. The molecule has 0 unspecified atom stereocenters. The first kappa shape index (κ1) is 22.8. The Labute approximate surface area is 193 Å². The molecule has 0 radical (unpaired) electrons. The fourth-order valence-electron chi connectivity index (χ4n) is 2.67. The highest BCUT2D eigenvalue weighted by molar-refractivity contribution is 14.1. The van der Waals surface area contributed by atoms with E-state index in [9.17, 15) is 4.79 Å². The van der Waals surface area contributed by atoms with Crippen molar-refractivity contribution >= 4 is 28.6 Å². The maximum atomic E-state index is 11.2. The van der Waals surface area contributed by atoms with Gasteiger partial charge in [0, 0.05) is 17.7 Å². The molecule has 164 valence electrons. The molecule has 0 aliphatic carbocycles. The lowest BCUT2D eigenvalue weighted by Crippen LogP contribution is -2.05. The molecule has 0 amide bonds. The summed E-state index contributed by atoms with van der Waals surface area (Å²) in [6.07, 6.45) is 4.60. The number of rotatable bonds is 11. The normalized spacial score (nSPS) is 11.1. The van der Waals surface area contributed by atoms with Crippen molar-refractivity contribution in [1.82, 2.24) is 25.4 Å². The fraction of sp³-hybridized carbons (Fsp3) is 0.333. The summed E-state index contributed by atoms with van der Waals surface area (Å²) in [6, 6.07) is 7.59. The Balaban J connectivity index is 1.52. The van der Waals surface area contributed by atoms with Crippen molar-refractivity contribution < 1.29 is 19.0 Å². The number of carbonyl (C=O) groups excluding carboxylic acids is 1. The Hall–Kier alpha value is -2.89. The van der Waals surface area contributed by atoms with E-state index < -0.39 is 0 Å². The molecule has 0 fully saturated rings. The molecular formula is C21H24IN5O4. The molecular weight excluding hydrogens is 513 g/mol. The monoisotopic (exact) mass is 537 g/mol. The van der Waals surface area contributed by atoms with Crippen molar-refractivity contribution in [3.63, 3.8) is 0 Å². The predicted octanol–water partition coefficient (Wildman–Crippen LogP) is 4.14. The summed E-state index contributed by atoms with van der Waals surface area (Å²) in [5, 5.41) is 15.4. The Morgan fingerprint density at radius 1 is 1.13 bits per heavy atom. The van der Waals surface area contributed by atoms with Gasteiger partial charge in [0.05, 0.1) is 23.4 Å². The van der Waals surface area contributed by atoms with Crippen molar-refractivity contribution in [3.8, 4) is 34.5 Å². The maximum Gasteiger partial charge on any atom is 0.330 e. The van der Waals surface area contributed by atoms with Crippen LogP contribution in [0, 0.1) is 3.57 Å². The number of aromatic amines is 2. The van der Waals surface area contributed by atoms with E-state index >= 15 is 0 Å². The molecule has 2 aromatic heterocycles. The number of nitrogens with one attached hydrogen (secondary N) is 2. The SMILES string of the molecule is C/C=C/C(=O)OCCCCOc1ccc(-c2nnc(-c3cc(OCC)[nH]n3)[nH]2)cc1I. The first-order valence-corrected chi connectivity index (χ1v) is 11.0. The number of allylic oxidation sites excluding steroid dienone is 1. The second-order valence-electron chi connectivity index (χ2n) is 6.44. The van der Waals surface area contributed by atoms with E-state index in [1.165, 1.54) is 6.08 Å². The largest absolute Gasteiger partial charge is 0.492 e. The van der Waals surface area contributed by atoms with E-state index in [1.807, 2.05) is 25.1 Å². The number of ether oxygens (including phenoxy) is 3. The quantitative estimate of drug-likeness (QED) is 0.164. The summed E-state index contributed by atoms with van der Waals surface area (Å²) < 4.78 is 17.3. The van der Waals surface area contributed by atoms with Crippen molar-refractivity contribution in [3.05, 3.63) is 40.0 Å². The molecule has 0 atom stereocenters. The molecule has 0 saturated carbocycles. The van der Waals surface area contributed by atoms with Crippen molar-refractivity contribution in [1.29, 1.82) is 0 Å². The molecule has 3 aromatic rings. The van der Waals surface area contributed by atoms with E-state index in [-0.39, 0.29) is 5.97 Å². The average molecular weight is 537 g/mol. The number of nitrogens with zero attached hydrogens (tertiary/aromatic N) is 3. The van der Waals surface area contributed by atoms with E-state index in [1.54, 1.807) is 19.1 Å². The number of H-pyrrole nitrogens is 2. The first-order chi connectivity index (χ1) is 15.1. The summed E-state index contributed by atoms with van der Waals surface area (Å²) >= 11 is 2.23. The van der Waals surface area contributed by atoms with Crippen LogP contribution in [0.3, 0.4) is 0 Å². The van der Waals surface area contributed by atoms with Crippen molar-refractivity contribution in [2.75, 3.05) is 19.8 Å². The zero-order chi connectivity index (χ0) is 22.1. The third-order valence-electron chi connectivity index (χ3n) is 4.13. The van der Waals surface area contributed by atoms with Gasteiger partial charge >= 0.3 is 5.97 Å². The fourth-order valence-corrected chi connectivity index (χ4v) is 3.34. The molecule has 31 heavy (non-hydrogen) atoms. The summed E-state index contributed by atoms with van der Waals surface area (Å²) in [6.45, 7) is 5.18.